The van der Waals surface area contributed by atoms with E-state index in [-0.39, 0.29) is 0 Å². The highest BCUT2D eigenvalue weighted by Gasteiger charge is 2.26. The van der Waals surface area contributed by atoms with Gasteiger partial charge in [0, 0.05) is 30.5 Å². The third-order valence-electron chi connectivity index (χ3n) is 5.47. The Bertz CT molecular complexity index is 916. The number of anilines is 1. The van der Waals surface area contributed by atoms with Crippen LogP contribution in [0.2, 0.25) is 0 Å². The standard InChI is InChI=1S/C23H27N2O2S/c1-3-4-16-27-20-10-7-9-19(23(20)26-2)25-14-12-17(13-15-25)22-18-8-5-6-11-21(18)28-24-22/h5-9,11,17H,3-4,12-16H2,1-2H3. The van der Waals surface area contributed by atoms with Gasteiger partial charge in [0.1, 0.15) is 0 Å². The number of hydrogen-bond acceptors (Lipinski definition) is 5. The maximum atomic E-state index is 5.91. The molecular formula is C23H27N2O2S. The maximum absolute atomic E-state index is 5.91. The predicted octanol–water partition coefficient (Wildman–Crippen LogP) is 5.67. The van der Waals surface area contributed by atoms with Crippen molar-refractivity contribution in [3.8, 4) is 11.5 Å². The predicted molar refractivity (Wildman–Crippen MR) is 116 cm³/mol. The van der Waals surface area contributed by atoms with Gasteiger partial charge < -0.3 is 14.4 Å². The Morgan fingerprint density at radius 1 is 1.21 bits per heavy atom. The third-order valence-corrected chi connectivity index (χ3v) is 6.31. The van der Waals surface area contributed by atoms with Crippen LogP contribution in [0.4, 0.5) is 5.69 Å². The lowest BCUT2D eigenvalue weighted by atomic mass is 9.91. The lowest BCUT2D eigenvalue weighted by molar-refractivity contribution is 0.287. The largest absolute Gasteiger partial charge is 0.491 e. The minimum absolute atomic E-state index is 0.522. The molecule has 4 nitrogen and oxygen atoms in total. The molecule has 0 bridgehead atoms. The second-order valence-electron chi connectivity index (χ2n) is 7.25. The fraction of sp³-hybridized carbons (Fsp3) is 0.435. The number of ether oxygens (including phenoxy) is 2. The average molecular weight is 396 g/mol. The lowest BCUT2D eigenvalue weighted by Crippen LogP contribution is -2.33. The number of nitrogens with zero attached hydrogens (tertiary/aromatic N) is 2. The van der Waals surface area contributed by atoms with Crippen LogP contribution in [0, 0.1) is 6.07 Å². The lowest BCUT2D eigenvalue weighted by Gasteiger charge is -2.34. The SMILES string of the molecule is CCCCOc1[c]ccc(N2CCC(c3nsc4ccccc34)CC2)c1OC. The monoisotopic (exact) mass is 395 g/mol. The Kier molecular flexibility index (Phi) is 6.01. The molecule has 1 saturated heterocycles. The normalized spacial score (nSPS) is 15.1. The van der Waals surface area contributed by atoms with Crippen molar-refractivity contribution in [2.24, 2.45) is 0 Å². The Morgan fingerprint density at radius 3 is 2.82 bits per heavy atom. The molecule has 1 aliphatic rings. The number of methoxy groups -OCH3 is 1. The van der Waals surface area contributed by atoms with Crippen LogP contribution in [0.25, 0.3) is 10.1 Å². The van der Waals surface area contributed by atoms with E-state index < -0.39 is 0 Å². The molecule has 1 aliphatic heterocycles. The van der Waals surface area contributed by atoms with Gasteiger partial charge in [-0.25, -0.2) is 0 Å². The zero-order chi connectivity index (χ0) is 19.3. The summed E-state index contributed by atoms with van der Waals surface area (Å²) in [5.41, 5.74) is 2.38. The molecule has 0 N–H and O–H groups in total. The van der Waals surface area contributed by atoms with E-state index in [0.29, 0.717) is 12.5 Å². The van der Waals surface area contributed by atoms with Crippen molar-refractivity contribution in [3.63, 3.8) is 0 Å². The molecule has 1 fully saturated rings. The third kappa shape index (κ3) is 3.81. The summed E-state index contributed by atoms with van der Waals surface area (Å²) >= 11 is 1.62. The Balaban J connectivity index is 1.48. The molecule has 4 rings (SSSR count). The first-order valence-corrected chi connectivity index (χ1v) is 10.9. The summed E-state index contributed by atoms with van der Waals surface area (Å²) in [5.74, 6) is 2.05. The zero-order valence-electron chi connectivity index (χ0n) is 16.6. The van der Waals surface area contributed by atoms with Gasteiger partial charge in [-0.3, -0.25) is 0 Å². The number of piperidine rings is 1. The van der Waals surface area contributed by atoms with Crippen LogP contribution in [0.5, 0.6) is 11.5 Å². The summed E-state index contributed by atoms with van der Waals surface area (Å²) in [7, 11) is 1.72. The Morgan fingerprint density at radius 2 is 2.04 bits per heavy atom. The maximum Gasteiger partial charge on any atom is 0.184 e. The Hall–Kier alpha value is -2.27. The van der Waals surface area contributed by atoms with Crippen LogP contribution >= 0.6 is 11.5 Å². The summed E-state index contributed by atoms with van der Waals surface area (Å²) in [6.07, 6.45) is 4.35. The molecule has 5 heteroatoms. The molecule has 0 atom stereocenters. The smallest absolute Gasteiger partial charge is 0.184 e. The van der Waals surface area contributed by atoms with E-state index in [4.69, 9.17) is 13.8 Å². The molecule has 1 radical (unpaired) electrons. The summed E-state index contributed by atoms with van der Waals surface area (Å²) in [4.78, 5) is 2.41. The summed E-state index contributed by atoms with van der Waals surface area (Å²) < 4.78 is 17.7. The molecule has 1 aromatic heterocycles. The van der Waals surface area contributed by atoms with Gasteiger partial charge in [0.15, 0.2) is 11.5 Å². The highest BCUT2D eigenvalue weighted by molar-refractivity contribution is 7.13. The average Bonchev–Trinajstić information content (AvgIpc) is 3.18. The molecule has 28 heavy (non-hydrogen) atoms. The number of aromatic nitrogens is 1. The van der Waals surface area contributed by atoms with E-state index in [2.05, 4.69) is 48.2 Å². The van der Waals surface area contributed by atoms with Crippen molar-refractivity contribution in [1.82, 2.24) is 4.37 Å². The molecule has 0 aliphatic carbocycles. The molecule has 3 aromatic rings. The minimum Gasteiger partial charge on any atom is -0.491 e. The van der Waals surface area contributed by atoms with Crippen molar-refractivity contribution in [2.75, 3.05) is 31.7 Å². The first-order valence-electron chi connectivity index (χ1n) is 10.1. The van der Waals surface area contributed by atoms with Crippen LogP contribution in [0.1, 0.15) is 44.2 Å². The topological polar surface area (TPSA) is 34.6 Å². The van der Waals surface area contributed by atoms with Crippen molar-refractivity contribution < 1.29 is 9.47 Å². The van der Waals surface area contributed by atoms with Crippen molar-refractivity contribution >= 4 is 27.3 Å². The molecular weight excluding hydrogens is 368 g/mol. The van der Waals surface area contributed by atoms with Crippen molar-refractivity contribution in [1.29, 1.82) is 0 Å². The fourth-order valence-electron chi connectivity index (χ4n) is 3.92. The number of unbranched alkanes of at least 4 members (excludes halogenated alkanes) is 1. The summed E-state index contributed by atoms with van der Waals surface area (Å²) in [5, 5.41) is 1.32. The van der Waals surface area contributed by atoms with Gasteiger partial charge in [0.25, 0.3) is 0 Å². The summed E-state index contributed by atoms with van der Waals surface area (Å²) in [6, 6.07) is 15.8. The molecule has 0 spiro atoms. The second-order valence-corrected chi connectivity index (χ2v) is 8.06. The zero-order valence-corrected chi connectivity index (χ0v) is 17.4. The number of benzene rings is 2. The van der Waals surface area contributed by atoms with Crippen LogP contribution < -0.4 is 14.4 Å². The molecule has 0 unspecified atom stereocenters. The highest BCUT2D eigenvalue weighted by Crippen LogP contribution is 2.41. The van der Waals surface area contributed by atoms with Crippen LogP contribution in [-0.2, 0) is 0 Å². The van der Waals surface area contributed by atoms with Crippen molar-refractivity contribution in [3.05, 3.63) is 48.2 Å². The summed E-state index contributed by atoms with van der Waals surface area (Å²) in [6.45, 7) is 4.85. The van der Waals surface area contributed by atoms with Gasteiger partial charge in [-0.1, -0.05) is 31.5 Å². The van der Waals surface area contributed by atoms with Crippen molar-refractivity contribution in [2.45, 2.75) is 38.5 Å². The molecule has 0 saturated carbocycles. The molecule has 147 valence electrons. The molecule has 2 heterocycles. The molecule has 0 amide bonds. The van der Waals surface area contributed by atoms with Gasteiger partial charge in [-0.05, 0) is 49.0 Å². The Labute approximate surface area is 171 Å². The van der Waals surface area contributed by atoms with E-state index in [1.165, 1.54) is 15.8 Å². The van der Waals surface area contributed by atoms with E-state index in [1.54, 1.807) is 18.6 Å². The van der Waals surface area contributed by atoms with Gasteiger partial charge >= 0.3 is 0 Å². The number of hydrogen-bond donors (Lipinski definition) is 0. The van der Waals surface area contributed by atoms with Gasteiger partial charge in [-0.2, -0.15) is 4.37 Å². The minimum atomic E-state index is 0.522. The van der Waals surface area contributed by atoms with Gasteiger partial charge in [-0.15, -0.1) is 0 Å². The van der Waals surface area contributed by atoms with E-state index in [1.807, 2.05) is 6.07 Å². The number of fused-ring (bicyclic) bond motifs is 1. The van der Waals surface area contributed by atoms with E-state index in [0.717, 1.165) is 56.0 Å². The highest BCUT2D eigenvalue weighted by atomic mass is 32.1. The quantitative estimate of drug-likeness (QED) is 0.483. The van der Waals surface area contributed by atoms with E-state index in [9.17, 15) is 0 Å². The first kappa shape index (κ1) is 19.1. The van der Waals surface area contributed by atoms with Gasteiger partial charge in [0.05, 0.1) is 29.8 Å². The molecule has 2 aromatic carbocycles. The second kappa shape index (κ2) is 8.82. The van der Waals surface area contributed by atoms with Gasteiger partial charge in [0.2, 0.25) is 0 Å². The first-order chi connectivity index (χ1) is 13.8. The fourth-order valence-corrected chi connectivity index (χ4v) is 4.77. The van der Waals surface area contributed by atoms with E-state index >= 15 is 0 Å². The van der Waals surface area contributed by atoms with Crippen LogP contribution in [-0.4, -0.2) is 31.2 Å². The number of rotatable bonds is 7. The van der Waals surface area contributed by atoms with Crippen LogP contribution in [0.15, 0.2) is 36.4 Å². The van der Waals surface area contributed by atoms with Crippen LogP contribution in [0.3, 0.4) is 0 Å².